The molecular formula is C19H21N3O3. The van der Waals surface area contributed by atoms with Crippen LogP contribution in [-0.4, -0.2) is 58.8 Å². The van der Waals surface area contributed by atoms with Gasteiger partial charge in [0.1, 0.15) is 11.8 Å². The van der Waals surface area contributed by atoms with E-state index in [0.29, 0.717) is 24.3 Å². The number of amides is 1. The van der Waals surface area contributed by atoms with Crippen molar-refractivity contribution in [2.24, 2.45) is 0 Å². The van der Waals surface area contributed by atoms with Crippen LogP contribution in [0.15, 0.2) is 54.2 Å². The van der Waals surface area contributed by atoms with Crippen molar-refractivity contribution in [1.29, 1.82) is 0 Å². The van der Waals surface area contributed by atoms with Crippen molar-refractivity contribution in [3.8, 4) is 0 Å². The minimum atomic E-state index is -0.653. The van der Waals surface area contributed by atoms with Crippen LogP contribution in [0.3, 0.4) is 0 Å². The second kappa shape index (κ2) is 6.94. The maximum Gasteiger partial charge on any atom is 0.295 e. The van der Waals surface area contributed by atoms with Crippen molar-refractivity contribution in [1.82, 2.24) is 14.8 Å². The van der Waals surface area contributed by atoms with Crippen molar-refractivity contribution in [3.63, 3.8) is 0 Å². The first-order chi connectivity index (χ1) is 12.0. The summed E-state index contributed by atoms with van der Waals surface area (Å²) in [5, 5.41) is 10.7. The zero-order chi connectivity index (χ0) is 18.0. The lowest BCUT2D eigenvalue weighted by Crippen LogP contribution is -2.35. The van der Waals surface area contributed by atoms with Crippen LogP contribution in [0.4, 0.5) is 0 Å². The first kappa shape index (κ1) is 17.0. The number of hydrogen-bond acceptors (Lipinski definition) is 4. The summed E-state index contributed by atoms with van der Waals surface area (Å²) in [6, 6.07) is 11.8. The Morgan fingerprint density at radius 3 is 2.48 bits per heavy atom. The van der Waals surface area contributed by atoms with Gasteiger partial charge in [-0.25, -0.2) is 0 Å². The Kier molecular flexibility index (Phi) is 4.72. The largest absolute Gasteiger partial charge is 0.507 e. The number of carbonyl (C=O) groups excluding carboxylic acids is 2. The van der Waals surface area contributed by atoms with Crippen LogP contribution in [0.25, 0.3) is 5.76 Å². The summed E-state index contributed by atoms with van der Waals surface area (Å²) >= 11 is 0. The summed E-state index contributed by atoms with van der Waals surface area (Å²) in [6.45, 7) is 1.02. The average molecular weight is 339 g/mol. The molecule has 25 heavy (non-hydrogen) atoms. The van der Waals surface area contributed by atoms with Crippen LogP contribution < -0.4 is 0 Å². The molecule has 0 radical (unpaired) electrons. The third-order valence-electron chi connectivity index (χ3n) is 4.29. The monoisotopic (exact) mass is 339 g/mol. The molecule has 2 aromatic rings. The highest BCUT2D eigenvalue weighted by molar-refractivity contribution is 6.46. The van der Waals surface area contributed by atoms with E-state index in [4.69, 9.17) is 0 Å². The smallest absolute Gasteiger partial charge is 0.295 e. The second-order valence-electron chi connectivity index (χ2n) is 6.29. The van der Waals surface area contributed by atoms with Crippen molar-refractivity contribution in [3.05, 3.63) is 65.5 Å². The van der Waals surface area contributed by atoms with Crippen LogP contribution in [0.2, 0.25) is 0 Å². The van der Waals surface area contributed by atoms with Gasteiger partial charge in [-0.05, 0) is 26.2 Å². The Bertz CT molecular complexity index is 795. The van der Waals surface area contributed by atoms with Crippen molar-refractivity contribution in [2.45, 2.75) is 6.04 Å². The minimum Gasteiger partial charge on any atom is -0.507 e. The Balaban J connectivity index is 2.09. The molecule has 0 unspecified atom stereocenters. The molecule has 2 heterocycles. The molecule has 6 nitrogen and oxygen atoms in total. The van der Waals surface area contributed by atoms with Gasteiger partial charge in [-0.15, -0.1) is 0 Å². The summed E-state index contributed by atoms with van der Waals surface area (Å²) in [5.74, 6) is -1.38. The maximum atomic E-state index is 12.6. The van der Waals surface area contributed by atoms with E-state index in [0.717, 1.165) is 0 Å². The lowest BCUT2D eigenvalue weighted by molar-refractivity contribution is -0.140. The van der Waals surface area contributed by atoms with Gasteiger partial charge in [0.15, 0.2) is 0 Å². The molecule has 1 aliphatic rings. The van der Waals surface area contributed by atoms with Gasteiger partial charge in [0.2, 0.25) is 0 Å². The van der Waals surface area contributed by atoms with Crippen LogP contribution in [0.5, 0.6) is 0 Å². The quantitative estimate of drug-likeness (QED) is 0.496. The molecule has 130 valence electrons. The number of H-pyrrole nitrogens is 1. The van der Waals surface area contributed by atoms with Crippen molar-refractivity contribution < 1.29 is 14.7 Å². The molecule has 0 aliphatic carbocycles. The number of Topliss-reactive ketones (excluding diaryl/α,β-unsaturated/α-hetero) is 1. The molecule has 1 aromatic heterocycles. The number of likely N-dealkylation sites (N-methyl/N-ethyl adjacent to an activating group) is 1. The number of aliphatic hydroxyl groups is 1. The summed E-state index contributed by atoms with van der Waals surface area (Å²) in [4.78, 5) is 31.7. The lowest BCUT2D eigenvalue weighted by Gasteiger charge is -2.25. The van der Waals surface area contributed by atoms with E-state index in [9.17, 15) is 14.7 Å². The van der Waals surface area contributed by atoms with E-state index in [2.05, 4.69) is 4.98 Å². The highest BCUT2D eigenvalue weighted by Gasteiger charge is 2.46. The molecule has 0 bridgehead atoms. The van der Waals surface area contributed by atoms with Gasteiger partial charge < -0.3 is 19.9 Å². The fourth-order valence-electron chi connectivity index (χ4n) is 3.01. The molecule has 6 heteroatoms. The average Bonchev–Trinajstić information content (AvgIpc) is 3.21. The van der Waals surface area contributed by atoms with Crippen LogP contribution in [0.1, 0.15) is 17.3 Å². The molecule has 1 aliphatic heterocycles. The molecule has 1 amide bonds. The number of nitrogens with zero attached hydrogens (tertiary/aromatic N) is 2. The Labute approximate surface area is 146 Å². The van der Waals surface area contributed by atoms with Crippen LogP contribution in [-0.2, 0) is 9.59 Å². The summed E-state index contributed by atoms with van der Waals surface area (Å²) in [5.41, 5.74) is 1.34. The fraction of sp³-hybridized carbons (Fsp3) is 0.263. The molecule has 3 rings (SSSR count). The van der Waals surface area contributed by atoms with E-state index >= 15 is 0 Å². The number of carbonyl (C=O) groups is 2. The fourth-order valence-corrected chi connectivity index (χ4v) is 3.01. The number of hydrogen-bond donors (Lipinski definition) is 2. The number of benzene rings is 1. The Morgan fingerprint density at radius 1 is 1.16 bits per heavy atom. The van der Waals surface area contributed by atoms with Gasteiger partial charge in [-0.3, -0.25) is 9.59 Å². The number of nitrogens with one attached hydrogen (secondary N) is 1. The van der Waals surface area contributed by atoms with Crippen molar-refractivity contribution >= 4 is 17.4 Å². The zero-order valence-corrected chi connectivity index (χ0v) is 14.3. The topological polar surface area (TPSA) is 76.6 Å². The maximum absolute atomic E-state index is 12.6. The van der Waals surface area contributed by atoms with Gasteiger partial charge in [0.25, 0.3) is 11.7 Å². The molecule has 1 atom stereocenters. The van der Waals surface area contributed by atoms with Crippen LogP contribution >= 0.6 is 0 Å². The minimum absolute atomic E-state index is 0.123. The van der Waals surface area contributed by atoms with Gasteiger partial charge in [-0.1, -0.05) is 30.3 Å². The van der Waals surface area contributed by atoms with E-state index in [1.165, 1.54) is 4.90 Å². The molecule has 1 saturated heterocycles. The predicted molar refractivity (Wildman–Crippen MR) is 94.8 cm³/mol. The first-order valence-electron chi connectivity index (χ1n) is 8.12. The number of aromatic amines is 1. The van der Waals surface area contributed by atoms with E-state index < -0.39 is 17.7 Å². The van der Waals surface area contributed by atoms with Gasteiger partial charge in [-0.2, -0.15) is 0 Å². The predicted octanol–water partition coefficient (Wildman–Crippen LogP) is 2.00. The number of likely N-dealkylation sites (tertiary alicyclic amines) is 1. The highest BCUT2D eigenvalue weighted by atomic mass is 16.3. The SMILES string of the molecule is CN(C)CCN1C(=O)C(=O)C(=C(O)c2ccccc2)[C@@H]1c1ccc[nH]1. The summed E-state index contributed by atoms with van der Waals surface area (Å²) in [7, 11) is 3.81. The zero-order valence-electron chi connectivity index (χ0n) is 14.3. The number of aliphatic hydroxyl groups excluding tert-OH is 1. The standard InChI is InChI=1S/C19H21N3O3/c1-21(2)11-12-22-16(14-9-6-10-20-14)15(18(24)19(22)25)17(23)13-7-4-3-5-8-13/h3-10,16,20,23H,11-12H2,1-2H3/t16-/m0/s1. The molecule has 0 saturated carbocycles. The number of rotatable bonds is 5. The molecular weight excluding hydrogens is 318 g/mol. The molecule has 0 spiro atoms. The molecule has 2 N–H and O–H groups in total. The van der Waals surface area contributed by atoms with Gasteiger partial charge >= 0.3 is 0 Å². The highest BCUT2D eigenvalue weighted by Crippen LogP contribution is 2.38. The van der Waals surface area contributed by atoms with Crippen LogP contribution in [0, 0.1) is 0 Å². The Hall–Kier alpha value is -2.86. The van der Waals surface area contributed by atoms with Gasteiger partial charge in [0, 0.05) is 30.5 Å². The molecule has 1 fully saturated rings. The Morgan fingerprint density at radius 2 is 1.88 bits per heavy atom. The van der Waals surface area contributed by atoms with Gasteiger partial charge in [0.05, 0.1) is 5.57 Å². The van der Waals surface area contributed by atoms with Crippen molar-refractivity contribution in [2.75, 3.05) is 27.2 Å². The number of ketones is 1. The normalized spacial score (nSPS) is 19.8. The summed E-state index contributed by atoms with van der Waals surface area (Å²) in [6.07, 6.45) is 1.74. The summed E-state index contributed by atoms with van der Waals surface area (Å²) < 4.78 is 0. The second-order valence-corrected chi connectivity index (χ2v) is 6.29. The number of aromatic nitrogens is 1. The lowest BCUT2D eigenvalue weighted by atomic mass is 9.99. The van der Waals surface area contributed by atoms with E-state index in [1.54, 1.807) is 30.5 Å². The third-order valence-corrected chi connectivity index (χ3v) is 4.29. The van der Waals surface area contributed by atoms with E-state index in [1.807, 2.05) is 37.2 Å². The first-order valence-corrected chi connectivity index (χ1v) is 8.12. The third kappa shape index (κ3) is 3.21. The van der Waals surface area contributed by atoms with E-state index in [-0.39, 0.29) is 11.3 Å². The molecule has 1 aromatic carbocycles.